The number of carbonyl (C=O) groups is 4. The molecular formula is C24H24N4O4. The summed E-state index contributed by atoms with van der Waals surface area (Å²) in [6, 6.07) is 16.3. The van der Waals surface area contributed by atoms with Gasteiger partial charge in [-0.3, -0.25) is 29.4 Å². The van der Waals surface area contributed by atoms with Crippen LogP contribution in [0, 0.1) is 11.8 Å². The summed E-state index contributed by atoms with van der Waals surface area (Å²) in [4.78, 5) is 53.1. The van der Waals surface area contributed by atoms with Crippen LogP contribution in [-0.2, 0) is 31.1 Å². The number of benzene rings is 2. The number of imide groups is 1. The zero-order valence-electron chi connectivity index (χ0n) is 17.4. The predicted octanol–water partition coefficient (Wildman–Crippen LogP) is 0.915. The Hall–Kier alpha value is -3.52. The smallest absolute Gasteiger partial charge is 0.250 e. The number of hydrogen-bond donors (Lipinski definition) is 3. The molecule has 1 spiro atoms. The van der Waals surface area contributed by atoms with E-state index in [2.05, 4.69) is 10.6 Å². The van der Waals surface area contributed by atoms with E-state index < -0.39 is 29.3 Å². The van der Waals surface area contributed by atoms with E-state index in [4.69, 9.17) is 5.73 Å². The molecule has 2 saturated heterocycles. The van der Waals surface area contributed by atoms with Gasteiger partial charge in [0.2, 0.25) is 23.6 Å². The lowest BCUT2D eigenvalue weighted by Gasteiger charge is -2.29. The van der Waals surface area contributed by atoms with Crippen LogP contribution in [0.25, 0.3) is 0 Å². The first kappa shape index (κ1) is 20.4. The molecule has 0 radical (unpaired) electrons. The Morgan fingerprint density at radius 2 is 1.72 bits per heavy atom. The highest BCUT2D eigenvalue weighted by Gasteiger charge is 2.70. The topological polar surface area (TPSA) is 122 Å². The van der Waals surface area contributed by atoms with Crippen LogP contribution in [0.2, 0.25) is 0 Å². The van der Waals surface area contributed by atoms with Crippen LogP contribution in [0.3, 0.4) is 0 Å². The molecule has 0 unspecified atom stereocenters. The summed E-state index contributed by atoms with van der Waals surface area (Å²) in [6.07, 6.45) is 0.873. The highest BCUT2D eigenvalue weighted by atomic mass is 16.2. The number of anilines is 1. The van der Waals surface area contributed by atoms with Gasteiger partial charge in [-0.2, -0.15) is 0 Å². The second kappa shape index (κ2) is 7.56. The molecule has 5 rings (SSSR count). The van der Waals surface area contributed by atoms with Gasteiger partial charge in [-0.15, -0.1) is 0 Å². The minimum absolute atomic E-state index is 0.0612. The van der Waals surface area contributed by atoms with Crippen LogP contribution < -0.4 is 16.4 Å². The summed E-state index contributed by atoms with van der Waals surface area (Å²) >= 11 is 0. The van der Waals surface area contributed by atoms with Gasteiger partial charge in [-0.05, 0) is 24.5 Å². The highest BCUT2D eigenvalue weighted by Crippen LogP contribution is 2.53. The Balaban J connectivity index is 1.51. The molecule has 32 heavy (non-hydrogen) atoms. The van der Waals surface area contributed by atoms with Gasteiger partial charge in [0.05, 0.1) is 11.8 Å². The first-order valence-corrected chi connectivity index (χ1v) is 10.8. The highest BCUT2D eigenvalue weighted by molar-refractivity contribution is 6.15. The van der Waals surface area contributed by atoms with Crippen molar-refractivity contribution in [2.75, 3.05) is 11.9 Å². The number of amides is 4. The number of rotatable bonds is 6. The van der Waals surface area contributed by atoms with Crippen molar-refractivity contribution in [3.63, 3.8) is 0 Å². The maximum Gasteiger partial charge on any atom is 0.250 e. The number of nitrogens with two attached hydrogens (primary N) is 1. The van der Waals surface area contributed by atoms with Crippen molar-refractivity contribution in [3.05, 3.63) is 65.7 Å². The Bertz CT molecular complexity index is 1120. The van der Waals surface area contributed by atoms with Gasteiger partial charge in [0.1, 0.15) is 5.54 Å². The summed E-state index contributed by atoms with van der Waals surface area (Å²) < 4.78 is 0. The van der Waals surface area contributed by atoms with Crippen LogP contribution in [0.4, 0.5) is 5.69 Å². The Labute approximate surface area is 185 Å². The van der Waals surface area contributed by atoms with Crippen LogP contribution >= 0.6 is 0 Å². The molecule has 8 heteroatoms. The minimum atomic E-state index is -1.34. The number of nitrogens with zero attached hydrogens (tertiary/aromatic N) is 1. The van der Waals surface area contributed by atoms with Gasteiger partial charge in [0.15, 0.2) is 0 Å². The number of hydrogen-bond acceptors (Lipinski definition) is 5. The van der Waals surface area contributed by atoms with E-state index in [1.165, 1.54) is 4.90 Å². The van der Waals surface area contributed by atoms with E-state index in [0.717, 1.165) is 5.56 Å². The maximum atomic E-state index is 13.6. The minimum Gasteiger partial charge on any atom is -0.370 e. The van der Waals surface area contributed by atoms with Gasteiger partial charge in [0.25, 0.3) is 0 Å². The van der Waals surface area contributed by atoms with E-state index in [1.807, 2.05) is 42.5 Å². The third-order valence-corrected chi connectivity index (χ3v) is 6.88. The van der Waals surface area contributed by atoms with Gasteiger partial charge < -0.3 is 11.1 Å². The molecule has 2 fully saturated rings. The molecule has 0 aliphatic carbocycles. The SMILES string of the molecule is NC(=O)CC[C@@H]1N[C@]2(C(=O)Nc3ccccc32)[C@@H]2C(=O)N(CCc3ccccc3)C(=O)[C@@H]12. The average molecular weight is 432 g/mol. The molecule has 2 aromatic rings. The first-order valence-electron chi connectivity index (χ1n) is 10.8. The Morgan fingerprint density at radius 1 is 1.00 bits per heavy atom. The van der Waals surface area contributed by atoms with Gasteiger partial charge in [-0.25, -0.2) is 0 Å². The fourth-order valence-electron chi connectivity index (χ4n) is 5.47. The van der Waals surface area contributed by atoms with E-state index in [9.17, 15) is 19.2 Å². The monoisotopic (exact) mass is 432 g/mol. The summed E-state index contributed by atoms with van der Waals surface area (Å²) in [5, 5.41) is 6.16. The quantitative estimate of drug-likeness (QED) is 0.586. The molecule has 8 nitrogen and oxygen atoms in total. The number of likely N-dealkylation sites (tertiary alicyclic amines) is 1. The molecule has 3 heterocycles. The number of fused-ring (bicyclic) bond motifs is 4. The summed E-state index contributed by atoms with van der Waals surface area (Å²) in [7, 11) is 0. The van der Waals surface area contributed by atoms with Crippen molar-refractivity contribution < 1.29 is 19.2 Å². The van der Waals surface area contributed by atoms with Crippen LogP contribution in [-0.4, -0.2) is 41.1 Å². The van der Waals surface area contributed by atoms with Crippen LogP contribution in [0.5, 0.6) is 0 Å². The predicted molar refractivity (Wildman–Crippen MR) is 116 cm³/mol. The van der Waals surface area contributed by atoms with E-state index in [-0.39, 0.29) is 37.1 Å². The van der Waals surface area contributed by atoms with E-state index >= 15 is 0 Å². The molecule has 4 atom stereocenters. The zero-order chi connectivity index (χ0) is 22.5. The molecule has 4 N–H and O–H groups in total. The number of nitrogens with one attached hydrogen (secondary N) is 2. The van der Waals surface area contributed by atoms with Gasteiger partial charge in [0, 0.05) is 30.3 Å². The zero-order valence-corrected chi connectivity index (χ0v) is 17.4. The molecule has 164 valence electrons. The largest absolute Gasteiger partial charge is 0.370 e. The number of carbonyl (C=O) groups excluding carboxylic acids is 4. The fraction of sp³-hybridized carbons (Fsp3) is 0.333. The van der Waals surface area contributed by atoms with E-state index in [0.29, 0.717) is 17.7 Å². The summed E-state index contributed by atoms with van der Waals surface area (Å²) in [6.45, 7) is 0.247. The number of primary amides is 1. The first-order chi connectivity index (χ1) is 15.4. The molecule has 0 aromatic heterocycles. The second-order valence-corrected chi connectivity index (χ2v) is 8.63. The van der Waals surface area contributed by atoms with Crippen molar-refractivity contribution in [2.24, 2.45) is 17.6 Å². The standard InChI is InChI=1S/C24H24N4O4/c25-18(29)11-10-17-19-20(24(27-17)15-8-4-5-9-16(15)26-23(24)32)22(31)28(21(19)30)13-12-14-6-2-1-3-7-14/h1-9,17,19-20,27H,10-13H2,(H2,25,29)(H,26,32)/t17-,19-,20-,24-/m0/s1. The second-order valence-electron chi connectivity index (χ2n) is 8.63. The van der Waals surface area contributed by atoms with Crippen molar-refractivity contribution in [2.45, 2.75) is 30.8 Å². The molecule has 3 aliphatic rings. The lowest BCUT2D eigenvalue weighted by atomic mass is 9.76. The number of para-hydroxylation sites is 1. The van der Waals surface area contributed by atoms with Crippen molar-refractivity contribution in [1.82, 2.24) is 10.2 Å². The lowest BCUT2D eigenvalue weighted by Crippen LogP contribution is -2.53. The third kappa shape index (κ3) is 2.94. The van der Waals surface area contributed by atoms with Gasteiger partial charge in [-0.1, -0.05) is 48.5 Å². The molecular weight excluding hydrogens is 408 g/mol. The molecule has 0 bridgehead atoms. The Morgan fingerprint density at radius 3 is 2.47 bits per heavy atom. The molecule has 3 aliphatic heterocycles. The molecule has 4 amide bonds. The van der Waals surface area contributed by atoms with Crippen molar-refractivity contribution in [1.29, 1.82) is 0 Å². The molecule has 2 aromatic carbocycles. The van der Waals surface area contributed by atoms with E-state index in [1.54, 1.807) is 12.1 Å². The average Bonchev–Trinajstić information content (AvgIpc) is 3.36. The summed E-state index contributed by atoms with van der Waals surface area (Å²) in [5.41, 5.74) is 6.32. The summed E-state index contributed by atoms with van der Waals surface area (Å²) in [5.74, 6) is -3.08. The van der Waals surface area contributed by atoms with Gasteiger partial charge >= 0.3 is 0 Å². The lowest BCUT2D eigenvalue weighted by molar-refractivity contribution is -0.142. The Kier molecular flexibility index (Phi) is 4.82. The van der Waals surface area contributed by atoms with Crippen LogP contribution in [0.1, 0.15) is 24.0 Å². The molecule has 0 saturated carbocycles. The normalized spacial score (nSPS) is 28.2. The maximum absolute atomic E-state index is 13.6. The third-order valence-electron chi connectivity index (χ3n) is 6.88. The fourth-order valence-corrected chi connectivity index (χ4v) is 5.47. The van der Waals surface area contributed by atoms with Crippen molar-refractivity contribution >= 4 is 29.3 Å². The van der Waals surface area contributed by atoms with Crippen LogP contribution in [0.15, 0.2) is 54.6 Å². The van der Waals surface area contributed by atoms with Crippen molar-refractivity contribution in [3.8, 4) is 0 Å².